The number of rotatable bonds is 9. The third-order valence-electron chi connectivity index (χ3n) is 8.47. The second-order valence-electron chi connectivity index (χ2n) is 11.3. The van der Waals surface area contributed by atoms with E-state index in [1.54, 1.807) is 25.3 Å². The number of nitrogens with zero attached hydrogens (tertiary/aromatic N) is 4. The third-order valence-corrected chi connectivity index (χ3v) is 8.47. The van der Waals surface area contributed by atoms with Crippen molar-refractivity contribution in [2.45, 2.75) is 83.7 Å². The fraction of sp³-hybridized carbons (Fsp3) is 0.485. The van der Waals surface area contributed by atoms with Crippen molar-refractivity contribution in [2.75, 3.05) is 29.4 Å². The lowest BCUT2D eigenvalue weighted by atomic mass is 9.93. The fourth-order valence-corrected chi connectivity index (χ4v) is 6.39. The zero-order valence-corrected chi connectivity index (χ0v) is 23.9. The van der Waals surface area contributed by atoms with Crippen molar-refractivity contribution in [1.82, 2.24) is 9.88 Å². The van der Waals surface area contributed by atoms with Gasteiger partial charge in [-0.25, -0.2) is 4.98 Å². The van der Waals surface area contributed by atoms with E-state index >= 15 is 0 Å². The third kappa shape index (κ3) is 6.64. The molecular weight excluding hydrogens is 500 g/mol. The number of aryl methyl sites for hydroxylation is 2. The van der Waals surface area contributed by atoms with Crippen molar-refractivity contribution < 1.29 is 14.0 Å². The van der Waals surface area contributed by atoms with Crippen molar-refractivity contribution in [3.8, 4) is 0 Å². The predicted molar refractivity (Wildman–Crippen MR) is 159 cm³/mol. The molecule has 2 amide bonds. The summed E-state index contributed by atoms with van der Waals surface area (Å²) in [6.45, 7) is 6.57. The van der Waals surface area contributed by atoms with Crippen LogP contribution in [0.2, 0.25) is 0 Å². The van der Waals surface area contributed by atoms with Gasteiger partial charge in [0.2, 0.25) is 5.91 Å². The van der Waals surface area contributed by atoms with Gasteiger partial charge >= 0.3 is 0 Å². The highest BCUT2D eigenvalue weighted by molar-refractivity contribution is 6.04. The van der Waals surface area contributed by atoms with Crippen molar-refractivity contribution in [2.24, 2.45) is 0 Å². The van der Waals surface area contributed by atoms with Crippen LogP contribution in [0.5, 0.6) is 0 Å². The molecule has 1 aliphatic carbocycles. The number of hydrogen-bond donors (Lipinski definition) is 0. The van der Waals surface area contributed by atoms with Gasteiger partial charge in [0.05, 0.1) is 6.26 Å². The van der Waals surface area contributed by atoms with E-state index in [0.29, 0.717) is 17.6 Å². The standard InChI is InChI=1S/C33H42N4O3/c1-25-16-17-32(34-24-25)37(33(39)31-15-9-23-40-31)29-18-21-35(22-19-29)20-8-11-27-10-6-7-14-30(27)36(26(2)38)28-12-4-3-5-13-28/h6-7,9-10,14-17,23-24,28-29H,3-5,8,11-13,18-22H2,1-2H3. The molecule has 0 spiro atoms. The first-order chi connectivity index (χ1) is 19.5. The highest BCUT2D eigenvalue weighted by Gasteiger charge is 2.32. The lowest BCUT2D eigenvalue weighted by Crippen LogP contribution is -2.48. The summed E-state index contributed by atoms with van der Waals surface area (Å²) in [5.74, 6) is 1.04. The minimum Gasteiger partial charge on any atom is -0.459 e. The van der Waals surface area contributed by atoms with Gasteiger partial charge in [0.25, 0.3) is 5.91 Å². The summed E-state index contributed by atoms with van der Waals surface area (Å²) in [7, 11) is 0. The van der Waals surface area contributed by atoms with Crippen LogP contribution in [-0.2, 0) is 11.2 Å². The first-order valence-corrected chi connectivity index (χ1v) is 14.9. The number of hydrogen-bond acceptors (Lipinski definition) is 5. The average molecular weight is 543 g/mol. The number of likely N-dealkylation sites (tertiary alicyclic amines) is 1. The summed E-state index contributed by atoms with van der Waals surface area (Å²) in [5, 5.41) is 0. The van der Waals surface area contributed by atoms with E-state index in [0.717, 1.165) is 69.4 Å². The normalized spacial score (nSPS) is 17.1. The van der Waals surface area contributed by atoms with Gasteiger partial charge in [-0.2, -0.15) is 0 Å². The van der Waals surface area contributed by atoms with E-state index in [-0.39, 0.29) is 17.9 Å². The Kier molecular flexibility index (Phi) is 9.32. The Morgan fingerprint density at radius 2 is 1.68 bits per heavy atom. The summed E-state index contributed by atoms with van der Waals surface area (Å²) < 4.78 is 5.45. The molecular formula is C33H42N4O3. The molecule has 7 heteroatoms. The second-order valence-corrected chi connectivity index (χ2v) is 11.3. The molecule has 2 fully saturated rings. The Bertz CT molecular complexity index is 1240. The molecule has 0 N–H and O–H groups in total. The molecule has 3 heterocycles. The molecule has 1 saturated carbocycles. The van der Waals surface area contributed by atoms with E-state index in [2.05, 4.69) is 39.0 Å². The summed E-state index contributed by atoms with van der Waals surface area (Å²) in [6.07, 6.45) is 13.0. The smallest absolute Gasteiger partial charge is 0.295 e. The van der Waals surface area contributed by atoms with Gasteiger partial charge in [0, 0.05) is 44.0 Å². The molecule has 0 bridgehead atoms. The number of benzene rings is 1. The van der Waals surface area contributed by atoms with E-state index in [1.165, 1.54) is 24.8 Å². The topological polar surface area (TPSA) is 69.9 Å². The number of piperidine rings is 1. The van der Waals surface area contributed by atoms with Gasteiger partial charge in [-0.1, -0.05) is 43.5 Å². The molecule has 7 nitrogen and oxygen atoms in total. The van der Waals surface area contributed by atoms with Crippen molar-refractivity contribution in [3.05, 3.63) is 77.9 Å². The predicted octanol–water partition coefficient (Wildman–Crippen LogP) is 6.41. The molecule has 2 aliphatic rings. The van der Waals surface area contributed by atoms with Crippen LogP contribution in [0.1, 0.15) is 80.0 Å². The van der Waals surface area contributed by atoms with Crippen LogP contribution in [0.4, 0.5) is 11.5 Å². The number of amides is 2. The number of para-hydroxylation sites is 1. The number of anilines is 2. The van der Waals surface area contributed by atoms with E-state index < -0.39 is 0 Å². The van der Waals surface area contributed by atoms with Crippen LogP contribution < -0.4 is 9.80 Å². The Hall–Kier alpha value is -3.45. The first-order valence-electron chi connectivity index (χ1n) is 14.9. The van der Waals surface area contributed by atoms with Crippen LogP contribution in [0.3, 0.4) is 0 Å². The molecule has 3 aromatic rings. The molecule has 40 heavy (non-hydrogen) atoms. The Morgan fingerprint density at radius 3 is 2.35 bits per heavy atom. The van der Waals surface area contributed by atoms with Crippen molar-refractivity contribution >= 4 is 23.3 Å². The zero-order valence-electron chi connectivity index (χ0n) is 23.9. The maximum Gasteiger partial charge on any atom is 0.295 e. The Balaban J connectivity index is 1.19. The van der Waals surface area contributed by atoms with Crippen LogP contribution >= 0.6 is 0 Å². The lowest BCUT2D eigenvalue weighted by molar-refractivity contribution is -0.117. The van der Waals surface area contributed by atoms with Crippen LogP contribution in [0.25, 0.3) is 0 Å². The van der Waals surface area contributed by atoms with Crippen LogP contribution in [0.15, 0.2) is 65.4 Å². The highest BCUT2D eigenvalue weighted by atomic mass is 16.3. The summed E-state index contributed by atoms with van der Waals surface area (Å²) in [6, 6.07) is 16.3. The molecule has 1 aromatic carbocycles. The van der Waals surface area contributed by atoms with Gasteiger partial charge in [-0.3, -0.25) is 14.5 Å². The maximum atomic E-state index is 13.4. The van der Waals surface area contributed by atoms with Crippen molar-refractivity contribution in [3.63, 3.8) is 0 Å². The van der Waals surface area contributed by atoms with Gasteiger partial charge in [0.15, 0.2) is 5.76 Å². The second kappa shape index (κ2) is 13.3. The highest BCUT2D eigenvalue weighted by Crippen LogP contribution is 2.31. The van der Waals surface area contributed by atoms with Crippen molar-refractivity contribution in [1.29, 1.82) is 0 Å². The monoisotopic (exact) mass is 542 g/mol. The molecule has 0 unspecified atom stereocenters. The molecule has 2 aromatic heterocycles. The maximum absolute atomic E-state index is 13.4. The van der Waals surface area contributed by atoms with Crippen LogP contribution in [-0.4, -0.2) is 53.4 Å². The van der Waals surface area contributed by atoms with E-state index in [1.807, 2.05) is 30.2 Å². The Labute approximate surface area is 238 Å². The number of carbonyl (C=O) groups excluding carboxylic acids is 2. The van der Waals surface area contributed by atoms with E-state index in [4.69, 9.17) is 4.42 Å². The van der Waals surface area contributed by atoms with Gasteiger partial charge in [-0.05, 0) is 87.4 Å². The van der Waals surface area contributed by atoms with E-state index in [9.17, 15) is 9.59 Å². The fourth-order valence-electron chi connectivity index (χ4n) is 6.39. The number of furan rings is 1. The SMILES string of the molecule is CC(=O)N(c1ccccc1CCCN1CCC(N(C(=O)c2ccco2)c2ccc(C)cn2)CC1)C1CCCCC1. The first kappa shape index (κ1) is 28.1. The number of carbonyl (C=O) groups is 2. The minimum absolute atomic E-state index is 0.0735. The largest absolute Gasteiger partial charge is 0.459 e. The minimum atomic E-state index is -0.135. The quantitative estimate of drug-likeness (QED) is 0.312. The molecule has 212 valence electrons. The average Bonchev–Trinajstić information content (AvgIpc) is 3.52. The Morgan fingerprint density at radius 1 is 0.925 bits per heavy atom. The summed E-state index contributed by atoms with van der Waals surface area (Å²) >= 11 is 0. The lowest BCUT2D eigenvalue weighted by Gasteiger charge is -2.38. The number of aromatic nitrogens is 1. The molecule has 1 aliphatic heterocycles. The van der Waals surface area contributed by atoms with Gasteiger partial charge in [-0.15, -0.1) is 0 Å². The number of pyridine rings is 1. The molecule has 0 atom stereocenters. The summed E-state index contributed by atoms with van der Waals surface area (Å²) in [5.41, 5.74) is 3.42. The molecule has 5 rings (SSSR count). The zero-order chi connectivity index (χ0) is 27.9. The molecule has 1 saturated heterocycles. The van der Waals surface area contributed by atoms with Gasteiger partial charge < -0.3 is 14.2 Å². The summed E-state index contributed by atoms with van der Waals surface area (Å²) in [4.78, 5) is 37.1. The molecule has 0 radical (unpaired) electrons. The van der Waals surface area contributed by atoms with Crippen LogP contribution in [0, 0.1) is 6.92 Å². The van der Waals surface area contributed by atoms with Gasteiger partial charge in [0.1, 0.15) is 5.82 Å².